The standard InChI is InChI=1S/C26H30ClN5O2/c1-18-15-26(17-32(18)20-3-2-19(16-28)23(27)14-20)10-12-31(13-11-26)24-8-9-25(30-29-24)34-22-6-4-21(33)5-7-22/h2-3,8-9,14,18,22H,4-7,10-13,15,17H2,1H3/t18-/m0/s1. The van der Waals surface area contributed by atoms with Crippen molar-refractivity contribution in [2.45, 2.75) is 64.0 Å². The smallest absolute Gasteiger partial charge is 0.233 e. The first kappa shape index (κ1) is 22.9. The molecule has 2 aromatic rings. The SMILES string of the molecule is C[C@H]1CC2(CCN(c3ccc(OC4CCC(=O)CC4)nn3)CC2)CN1c1ccc(C#N)c(Cl)c1. The lowest BCUT2D eigenvalue weighted by atomic mass is 9.77. The second kappa shape index (κ2) is 9.42. The molecule has 1 aromatic carbocycles. The molecule has 1 atom stereocenters. The summed E-state index contributed by atoms with van der Waals surface area (Å²) >= 11 is 6.30. The average molecular weight is 480 g/mol. The molecule has 0 bridgehead atoms. The van der Waals surface area contributed by atoms with Crippen LogP contribution >= 0.6 is 11.6 Å². The van der Waals surface area contributed by atoms with Crippen LogP contribution in [0, 0.1) is 16.7 Å². The molecule has 1 aromatic heterocycles. The Kier molecular flexibility index (Phi) is 6.35. The molecule has 1 aliphatic carbocycles. The van der Waals surface area contributed by atoms with Crippen LogP contribution in [-0.4, -0.2) is 47.8 Å². The maximum absolute atomic E-state index is 11.4. The number of carbonyl (C=O) groups is 1. The van der Waals surface area contributed by atoms with Crippen molar-refractivity contribution in [3.05, 3.63) is 40.9 Å². The van der Waals surface area contributed by atoms with Crippen LogP contribution in [0.4, 0.5) is 11.5 Å². The van der Waals surface area contributed by atoms with Crippen molar-refractivity contribution >= 4 is 28.9 Å². The van der Waals surface area contributed by atoms with Crippen molar-refractivity contribution in [3.63, 3.8) is 0 Å². The number of benzene rings is 1. The third-order valence-corrected chi connectivity index (χ3v) is 8.04. The number of Topliss-reactive ketones (excluding diaryl/α,β-unsaturated/α-hetero) is 1. The number of carbonyl (C=O) groups excluding carboxylic acids is 1. The number of rotatable bonds is 4. The Hall–Kier alpha value is -2.85. The highest BCUT2D eigenvalue weighted by Gasteiger charge is 2.44. The number of ether oxygens (including phenoxy) is 1. The van der Waals surface area contributed by atoms with Gasteiger partial charge in [-0.05, 0) is 68.7 Å². The van der Waals surface area contributed by atoms with Gasteiger partial charge < -0.3 is 14.5 Å². The molecule has 1 saturated carbocycles. The van der Waals surface area contributed by atoms with Crippen molar-refractivity contribution < 1.29 is 9.53 Å². The molecule has 178 valence electrons. The van der Waals surface area contributed by atoms with E-state index in [1.165, 1.54) is 0 Å². The maximum Gasteiger partial charge on any atom is 0.233 e. The Morgan fingerprint density at radius 2 is 1.91 bits per heavy atom. The number of halogens is 1. The average Bonchev–Trinajstić information content (AvgIpc) is 3.17. The van der Waals surface area contributed by atoms with Crippen molar-refractivity contribution in [2.24, 2.45) is 5.41 Å². The Bertz CT molecular complexity index is 1080. The summed E-state index contributed by atoms with van der Waals surface area (Å²) in [6, 6.07) is 12.2. The number of piperidine rings is 1. The fourth-order valence-corrected chi connectivity index (χ4v) is 5.97. The molecule has 5 rings (SSSR count). The fourth-order valence-electron chi connectivity index (χ4n) is 5.76. The lowest BCUT2D eigenvalue weighted by Crippen LogP contribution is -2.42. The van der Waals surface area contributed by atoms with E-state index in [2.05, 4.69) is 33.0 Å². The molecule has 2 aliphatic heterocycles. The summed E-state index contributed by atoms with van der Waals surface area (Å²) < 4.78 is 5.93. The lowest BCUT2D eigenvalue weighted by molar-refractivity contribution is -0.121. The molecule has 3 fully saturated rings. The van der Waals surface area contributed by atoms with Crippen molar-refractivity contribution in [1.82, 2.24) is 10.2 Å². The zero-order valence-electron chi connectivity index (χ0n) is 19.5. The van der Waals surface area contributed by atoms with Gasteiger partial charge in [0.05, 0.1) is 10.6 Å². The summed E-state index contributed by atoms with van der Waals surface area (Å²) in [5.74, 6) is 1.75. The van der Waals surface area contributed by atoms with Gasteiger partial charge in [0.2, 0.25) is 5.88 Å². The normalized spacial score (nSPS) is 22.7. The molecular formula is C26H30ClN5O2. The van der Waals surface area contributed by atoms with Gasteiger partial charge in [-0.1, -0.05) is 11.6 Å². The van der Waals surface area contributed by atoms with E-state index in [1.807, 2.05) is 30.3 Å². The van der Waals surface area contributed by atoms with Crippen molar-refractivity contribution in [1.29, 1.82) is 5.26 Å². The van der Waals surface area contributed by atoms with Gasteiger partial charge in [0.25, 0.3) is 0 Å². The molecule has 7 nitrogen and oxygen atoms in total. The summed E-state index contributed by atoms with van der Waals surface area (Å²) in [6.45, 7) is 5.19. The molecule has 3 aliphatic rings. The first-order valence-corrected chi connectivity index (χ1v) is 12.6. The van der Waals surface area contributed by atoms with Crippen LogP contribution in [0.5, 0.6) is 5.88 Å². The van der Waals surface area contributed by atoms with Crippen LogP contribution in [-0.2, 0) is 4.79 Å². The molecule has 2 saturated heterocycles. The van der Waals surface area contributed by atoms with Gasteiger partial charge in [-0.3, -0.25) is 4.79 Å². The van der Waals surface area contributed by atoms with E-state index >= 15 is 0 Å². The number of ketones is 1. The van der Waals surface area contributed by atoms with Crippen LogP contribution in [0.25, 0.3) is 0 Å². The summed E-state index contributed by atoms with van der Waals surface area (Å²) in [4.78, 5) is 16.2. The molecular weight excluding hydrogens is 450 g/mol. The van der Waals surface area contributed by atoms with Crippen LogP contribution < -0.4 is 14.5 Å². The van der Waals surface area contributed by atoms with E-state index < -0.39 is 0 Å². The van der Waals surface area contributed by atoms with E-state index in [9.17, 15) is 4.79 Å². The predicted octanol–water partition coefficient (Wildman–Crippen LogP) is 4.78. The Labute approximate surface area is 205 Å². The maximum atomic E-state index is 11.4. The van der Waals surface area contributed by atoms with Gasteiger partial charge in [0.1, 0.15) is 18.0 Å². The topological polar surface area (TPSA) is 82.3 Å². The Balaban J connectivity index is 1.18. The monoisotopic (exact) mass is 479 g/mol. The molecule has 0 N–H and O–H groups in total. The molecule has 0 unspecified atom stereocenters. The van der Waals surface area contributed by atoms with Crippen LogP contribution in [0.3, 0.4) is 0 Å². The summed E-state index contributed by atoms with van der Waals surface area (Å²) in [5.41, 5.74) is 1.90. The lowest BCUT2D eigenvalue weighted by Gasteiger charge is -2.39. The Morgan fingerprint density at radius 1 is 1.15 bits per heavy atom. The first-order chi connectivity index (χ1) is 16.4. The second-order valence-electron chi connectivity index (χ2n) is 10.0. The molecule has 0 amide bonds. The van der Waals surface area contributed by atoms with Crippen LogP contribution in [0.15, 0.2) is 30.3 Å². The highest BCUT2D eigenvalue weighted by atomic mass is 35.5. The van der Waals surface area contributed by atoms with Gasteiger partial charge in [-0.2, -0.15) is 5.26 Å². The van der Waals surface area contributed by atoms with Gasteiger partial charge in [-0.25, -0.2) is 0 Å². The van der Waals surface area contributed by atoms with Gasteiger partial charge in [0.15, 0.2) is 5.82 Å². The summed E-state index contributed by atoms with van der Waals surface area (Å²) in [7, 11) is 0. The van der Waals surface area contributed by atoms with E-state index in [0.717, 1.165) is 63.2 Å². The molecule has 34 heavy (non-hydrogen) atoms. The fraction of sp³-hybridized carbons (Fsp3) is 0.538. The number of hydrogen-bond donors (Lipinski definition) is 0. The minimum Gasteiger partial charge on any atom is -0.473 e. The van der Waals surface area contributed by atoms with E-state index in [1.54, 1.807) is 0 Å². The number of hydrogen-bond acceptors (Lipinski definition) is 7. The molecule has 0 radical (unpaired) electrons. The zero-order chi connectivity index (χ0) is 23.7. The van der Waals surface area contributed by atoms with Crippen LogP contribution in [0.2, 0.25) is 5.02 Å². The highest BCUT2D eigenvalue weighted by Crippen LogP contribution is 2.45. The Morgan fingerprint density at radius 3 is 2.56 bits per heavy atom. The summed E-state index contributed by atoms with van der Waals surface area (Å²) in [6.07, 6.45) is 6.15. The quantitative estimate of drug-likeness (QED) is 0.624. The van der Waals surface area contributed by atoms with Crippen LogP contribution in [0.1, 0.15) is 57.4 Å². The number of nitriles is 1. The highest BCUT2D eigenvalue weighted by molar-refractivity contribution is 6.32. The number of aromatic nitrogens is 2. The van der Waals surface area contributed by atoms with Crippen molar-refractivity contribution in [2.75, 3.05) is 29.4 Å². The minimum absolute atomic E-state index is 0.0611. The number of nitrogens with zero attached hydrogens (tertiary/aromatic N) is 5. The largest absolute Gasteiger partial charge is 0.473 e. The van der Waals surface area contributed by atoms with E-state index in [0.29, 0.717) is 41.1 Å². The minimum atomic E-state index is 0.0611. The third-order valence-electron chi connectivity index (χ3n) is 7.72. The van der Waals surface area contributed by atoms with Gasteiger partial charge >= 0.3 is 0 Å². The number of anilines is 2. The van der Waals surface area contributed by atoms with E-state index in [4.69, 9.17) is 21.6 Å². The second-order valence-corrected chi connectivity index (χ2v) is 10.4. The molecule has 1 spiro atoms. The molecule has 3 heterocycles. The first-order valence-electron chi connectivity index (χ1n) is 12.2. The van der Waals surface area contributed by atoms with Gasteiger partial charge in [0, 0.05) is 50.3 Å². The van der Waals surface area contributed by atoms with E-state index in [-0.39, 0.29) is 11.5 Å². The zero-order valence-corrected chi connectivity index (χ0v) is 20.3. The predicted molar refractivity (Wildman–Crippen MR) is 131 cm³/mol. The summed E-state index contributed by atoms with van der Waals surface area (Å²) in [5, 5.41) is 18.4. The van der Waals surface area contributed by atoms with Crippen molar-refractivity contribution in [3.8, 4) is 11.9 Å². The van der Waals surface area contributed by atoms with Gasteiger partial charge in [-0.15, -0.1) is 10.2 Å². The third kappa shape index (κ3) is 4.69. The molecule has 8 heteroatoms.